The third-order valence-electron chi connectivity index (χ3n) is 3.92. The number of carbonyl (C=O) groups is 2. The molecule has 0 amide bonds. The van der Waals surface area contributed by atoms with Gasteiger partial charge in [-0.1, -0.05) is 0 Å². The number of nitrogens with zero attached hydrogens (tertiary/aromatic N) is 4. The summed E-state index contributed by atoms with van der Waals surface area (Å²) >= 11 is 7.42. The second kappa shape index (κ2) is 7.87. The number of rotatable bonds is 5. The molecule has 1 saturated heterocycles. The van der Waals surface area contributed by atoms with E-state index in [0.29, 0.717) is 16.9 Å². The number of esters is 2. The SMILES string of the molecule is CSC[C@H]1O[C@@H](n2cnc3c(N)nc(Cl)nc32)[C@H](OC(C)=O)[C@@H]1OC(C)=O. The number of thioether (sulfide) groups is 1. The zero-order chi connectivity index (χ0) is 19.7. The number of fused-ring (bicyclic) bond motifs is 1. The monoisotopic (exact) mass is 415 g/mol. The van der Waals surface area contributed by atoms with Crippen molar-refractivity contribution in [1.29, 1.82) is 0 Å². The van der Waals surface area contributed by atoms with Gasteiger partial charge in [0.2, 0.25) is 5.28 Å². The Bertz CT molecular complexity index is 878. The summed E-state index contributed by atoms with van der Waals surface area (Å²) in [6, 6.07) is 0. The van der Waals surface area contributed by atoms with E-state index in [-0.39, 0.29) is 11.1 Å². The van der Waals surface area contributed by atoms with Crippen LogP contribution in [0.1, 0.15) is 20.1 Å². The molecular weight excluding hydrogens is 398 g/mol. The molecule has 0 radical (unpaired) electrons. The molecule has 1 aliphatic rings. The number of carbonyl (C=O) groups excluding carboxylic acids is 2. The van der Waals surface area contributed by atoms with Gasteiger partial charge in [-0.25, -0.2) is 4.98 Å². The molecule has 0 saturated carbocycles. The molecule has 3 rings (SSSR count). The first-order valence-electron chi connectivity index (χ1n) is 7.96. The Balaban J connectivity index is 2.06. The van der Waals surface area contributed by atoms with Crippen molar-refractivity contribution in [3.8, 4) is 0 Å². The van der Waals surface area contributed by atoms with Crippen LogP contribution in [-0.4, -0.2) is 61.8 Å². The van der Waals surface area contributed by atoms with Crippen LogP contribution in [0, 0.1) is 0 Å². The highest BCUT2D eigenvalue weighted by Gasteiger charge is 2.50. The lowest BCUT2D eigenvalue weighted by Crippen LogP contribution is -2.39. The molecule has 0 aliphatic carbocycles. The summed E-state index contributed by atoms with van der Waals surface area (Å²) in [4.78, 5) is 35.5. The fourth-order valence-corrected chi connectivity index (χ4v) is 3.75. The maximum atomic E-state index is 11.7. The molecule has 10 nitrogen and oxygen atoms in total. The van der Waals surface area contributed by atoms with Crippen LogP contribution in [0.2, 0.25) is 5.28 Å². The van der Waals surface area contributed by atoms with Gasteiger partial charge in [-0.3, -0.25) is 14.2 Å². The van der Waals surface area contributed by atoms with Gasteiger partial charge in [0.15, 0.2) is 29.9 Å². The number of hydrogen-bond donors (Lipinski definition) is 1. The summed E-state index contributed by atoms with van der Waals surface area (Å²) in [7, 11) is 0. The largest absolute Gasteiger partial charge is 0.456 e. The fourth-order valence-electron chi connectivity index (χ4n) is 2.98. The van der Waals surface area contributed by atoms with Crippen LogP contribution < -0.4 is 5.73 Å². The Morgan fingerprint density at radius 3 is 2.59 bits per heavy atom. The zero-order valence-corrected chi connectivity index (χ0v) is 16.4. The van der Waals surface area contributed by atoms with Crippen LogP contribution in [0.3, 0.4) is 0 Å². The normalized spacial score (nSPS) is 24.9. The molecule has 0 spiro atoms. The molecule has 0 aromatic carbocycles. The first-order chi connectivity index (χ1) is 12.8. The van der Waals surface area contributed by atoms with E-state index in [2.05, 4.69) is 15.0 Å². The molecule has 3 heterocycles. The summed E-state index contributed by atoms with van der Waals surface area (Å²) in [5.41, 5.74) is 6.50. The zero-order valence-electron chi connectivity index (χ0n) is 14.8. The van der Waals surface area contributed by atoms with Crippen LogP contribution in [-0.2, 0) is 23.8 Å². The van der Waals surface area contributed by atoms with Crippen molar-refractivity contribution in [3.63, 3.8) is 0 Å². The lowest BCUT2D eigenvalue weighted by molar-refractivity contribution is -0.165. The Labute approximate surface area is 163 Å². The summed E-state index contributed by atoms with van der Waals surface area (Å²) in [5.74, 6) is -0.399. The van der Waals surface area contributed by atoms with E-state index in [9.17, 15) is 9.59 Å². The molecule has 27 heavy (non-hydrogen) atoms. The second-order valence-corrected chi connectivity index (χ2v) is 7.12. The van der Waals surface area contributed by atoms with Gasteiger partial charge in [-0.2, -0.15) is 21.7 Å². The maximum absolute atomic E-state index is 11.7. The highest BCUT2D eigenvalue weighted by Crippen LogP contribution is 2.37. The van der Waals surface area contributed by atoms with Crippen molar-refractivity contribution in [2.24, 2.45) is 0 Å². The first kappa shape index (κ1) is 19.6. The van der Waals surface area contributed by atoms with Crippen molar-refractivity contribution < 1.29 is 23.8 Å². The van der Waals surface area contributed by atoms with Crippen molar-refractivity contribution in [3.05, 3.63) is 11.6 Å². The van der Waals surface area contributed by atoms with Crippen LogP contribution in [0.15, 0.2) is 6.33 Å². The molecule has 146 valence electrons. The highest BCUT2D eigenvalue weighted by molar-refractivity contribution is 7.98. The topological polar surface area (TPSA) is 131 Å². The molecule has 2 aromatic heterocycles. The molecule has 1 aliphatic heterocycles. The van der Waals surface area contributed by atoms with Gasteiger partial charge in [-0.05, 0) is 17.9 Å². The second-order valence-electron chi connectivity index (χ2n) is 5.87. The molecule has 2 aromatic rings. The predicted molar refractivity (Wildman–Crippen MR) is 98.1 cm³/mol. The van der Waals surface area contributed by atoms with E-state index in [4.69, 9.17) is 31.5 Å². The van der Waals surface area contributed by atoms with Gasteiger partial charge in [-0.15, -0.1) is 0 Å². The average Bonchev–Trinajstić information content (AvgIpc) is 3.10. The molecular formula is C15H18ClN5O5S. The lowest BCUT2D eigenvalue weighted by atomic mass is 10.1. The van der Waals surface area contributed by atoms with Crippen molar-refractivity contribution in [1.82, 2.24) is 19.5 Å². The van der Waals surface area contributed by atoms with Gasteiger partial charge in [0.1, 0.15) is 11.6 Å². The molecule has 12 heteroatoms. The van der Waals surface area contributed by atoms with Gasteiger partial charge >= 0.3 is 11.9 Å². The van der Waals surface area contributed by atoms with E-state index in [1.165, 1.54) is 31.9 Å². The summed E-state index contributed by atoms with van der Waals surface area (Å²) in [5, 5.41) is -0.0546. The minimum absolute atomic E-state index is 0.0546. The van der Waals surface area contributed by atoms with Crippen LogP contribution >= 0.6 is 23.4 Å². The number of anilines is 1. The third-order valence-corrected chi connectivity index (χ3v) is 4.75. The molecule has 2 N–H and O–H groups in total. The van der Waals surface area contributed by atoms with Gasteiger partial charge in [0.05, 0.1) is 6.33 Å². The number of ether oxygens (including phenoxy) is 3. The van der Waals surface area contributed by atoms with E-state index in [0.717, 1.165) is 0 Å². The minimum Gasteiger partial charge on any atom is -0.456 e. The van der Waals surface area contributed by atoms with E-state index < -0.39 is 36.5 Å². The van der Waals surface area contributed by atoms with Gasteiger partial charge in [0.25, 0.3) is 0 Å². The summed E-state index contributed by atoms with van der Waals surface area (Å²) in [6.45, 7) is 2.56. The number of imidazole rings is 1. The molecule has 4 atom stereocenters. The first-order valence-corrected chi connectivity index (χ1v) is 9.73. The van der Waals surface area contributed by atoms with Crippen LogP contribution in [0.4, 0.5) is 5.82 Å². The number of hydrogen-bond acceptors (Lipinski definition) is 10. The van der Waals surface area contributed by atoms with E-state index in [1.807, 2.05) is 6.26 Å². The van der Waals surface area contributed by atoms with Crippen molar-refractivity contribution >= 4 is 52.3 Å². The van der Waals surface area contributed by atoms with Gasteiger partial charge < -0.3 is 19.9 Å². The number of nitrogen functional groups attached to an aromatic ring is 1. The predicted octanol–water partition coefficient (Wildman–Crippen LogP) is 1.19. The lowest BCUT2D eigenvalue weighted by Gasteiger charge is -2.23. The molecule has 1 fully saturated rings. The van der Waals surface area contributed by atoms with Crippen molar-refractivity contribution in [2.75, 3.05) is 17.7 Å². The number of aromatic nitrogens is 4. The summed E-state index contributed by atoms with van der Waals surface area (Å²) in [6.07, 6.45) is 0.338. The van der Waals surface area contributed by atoms with Crippen LogP contribution in [0.25, 0.3) is 11.2 Å². The Kier molecular flexibility index (Phi) is 5.72. The van der Waals surface area contributed by atoms with E-state index in [1.54, 1.807) is 4.57 Å². The molecule has 0 bridgehead atoms. The quantitative estimate of drug-likeness (QED) is 0.560. The van der Waals surface area contributed by atoms with E-state index >= 15 is 0 Å². The van der Waals surface area contributed by atoms with Gasteiger partial charge in [0, 0.05) is 19.6 Å². The Morgan fingerprint density at radius 2 is 1.96 bits per heavy atom. The number of nitrogens with two attached hydrogens (primary N) is 1. The number of halogens is 1. The minimum atomic E-state index is -0.893. The third kappa shape index (κ3) is 3.94. The summed E-state index contributed by atoms with van der Waals surface area (Å²) < 4.78 is 18.5. The standard InChI is InChI=1S/C15H18ClN5O5S/c1-6(22)24-10-8(4-27-3)26-14(11(10)25-7(2)23)21-5-18-9-12(17)19-15(16)20-13(9)21/h5,8,10-11,14H,4H2,1-3H3,(H2,17,19,20)/t8-,10-,11-,14-/m1/s1. The maximum Gasteiger partial charge on any atom is 0.303 e. The fraction of sp³-hybridized carbons (Fsp3) is 0.533. The Hall–Kier alpha value is -2.11. The van der Waals surface area contributed by atoms with Crippen molar-refractivity contribution in [2.45, 2.75) is 38.4 Å². The Morgan fingerprint density at radius 1 is 1.30 bits per heavy atom. The smallest absolute Gasteiger partial charge is 0.303 e. The molecule has 0 unspecified atom stereocenters. The van der Waals surface area contributed by atoms with Crippen LogP contribution in [0.5, 0.6) is 0 Å². The highest BCUT2D eigenvalue weighted by atomic mass is 35.5. The average molecular weight is 416 g/mol.